The summed E-state index contributed by atoms with van der Waals surface area (Å²) in [5, 5.41) is 9.99. The molecule has 0 radical (unpaired) electrons. The molecule has 4 nitrogen and oxygen atoms in total. The van der Waals surface area contributed by atoms with Crippen molar-refractivity contribution in [2.24, 2.45) is 0 Å². The summed E-state index contributed by atoms with van der Waals surface area (Å²) >= 11 is 0. The number of likely N-dealkylation sites (N-methyl/N-ethyl adjacent to an activating group) is 2. The Kier molecular flexibility index (Phi) is 6.71. The molecule has 0 bridgehead atoms. The molecule has 1 N–H and O–H groups in total. The molecule has 0 fully saturated rings. The molecule has 0 aromatic heterocycles. The Morgan fingerprint density at radius 1 is 1.29 bits per heavy atom. The van der Waals surface area contributed by atoms with Gasteiger partial charge in [-0.1, -0.05) is 0 Å². The van der Waals surface area contributed by atoms with Crippen molar-refractivity contribution in [2.45, 2.75) is 20.0 Å². The smallest absolute Gasteiger partial charge is 0.236 e. The molecule has 0 saturated carbocycles. The van der Waals surface area contributed by atoms with Crippen LogP contribution in [-0.2, 0) is 4.79 Å². The molecular formula is C15H22F2N2O2. The van der Waals surface area contributed by atoms with Gasteiger partial charge >= 0.3 is 0 Å². The van der Waals surface area contributed by atoms with Gasteiger partial charge in [-0.3, -0.25) is 9.69 Å². The van der Waals surface area contributed by atoms with Gasteiger partial charge in [-0.2, -0.15) is 0 Å². The summed E-state index contributed by atoms with van der Waals surface area (Å²) in [5.74, 6) is -1.32. The van der Waals surface area contributed by atoms with E-state index < -0.39 is 17.7 Å². The van der Waals surface area contributed by atoms with Gasteiger partial charge in [-0.25, -0.2) is 8.78 Å². The molecule has 1 rings (SSSR count). The first-order valence-electron chi connectivity index (χ1n) is 6.98. The highest BCUT2D eigenvalue weighted by atomic mass is 19.1. The minimum atomic E-state index is -1.18. The van der Waals surface area contributed by atoms with Crippen molar-refractivity contribution < 1.29 is 18.7 Å². The Hall–Kier alpha value is -1.53. The van der Waals surface area contributed by atoms with Crippen molar-refractivity contribution in [3.8, 4) is 0 Å². The van der Waals surface area contributed by atoms with Crippen molar-refractivity contribution in [3.05, 3.63) is 35.4 Å². The lowest BCUT2D eigenvalue weighted by Crippen LogP contribution is -2.40. The molecule has 6 heteroatoms. The van der Waals surface area contributed by atoms with Gasteiger partial charge in [0.25, 0.3) is 0 Å². The minimum absolute atomic E-state index is 0.0490. The molecular weight excluding hydrogens is 278 g/mol. The van der Waals surface area contributed by atoms with Gasteiger partial charge in [0, 0.05) is 25.2 Å². The normalized spacial score (nSPS) is 12.5. The molecule has 21 heavy (non-hydrogen) atoms. The Bertz CT molecular complexity index is 479. The van der Waals surface area contributed by atoms with Crippen molar-refractivity contribution in [1.29, 1.82) is 0 Å². The fraction of sp³-hybridized carbons (Fsp3) is 0.533. The van der Waals surface area contributed by atoms with Gasteiger partial charge in [0.15, 0.2) is 0 Å². The Labute approximate surface area is 124 Å². The third-order valence-electron chi connectivity index (χ3n) is 3.32. The van der Waals surface area contributed by atoms with Gasteiger partial charge in [0.05, 0.1) is 12.6 Å². The largest absolute Gasteiger partial charge is 0.387 e. The molecule has 1 aromatic carbocycles. The first-order chi connectivity index (χ1) is 9.88. The average Bonchev–Trinajstić information content (AvgIpc) is 2.42. The molecule has 1 atom stereocenters. The van der Waals surface area contributed by atoms with Gasteiger partial charge in [-0.05, 0) is 39.1 Å². The topological polar surface area (TPSA) is 43.8 Å². The molecule has 0 saturated heterocycles. The quantitative estimate of drug-likeness (QED) is 0.835. The van der Waals surface area contributed by atoms with Gasteiger partial charge in [-0.15, -0.1) is 0 Å². The maximum atomic E-state index is 13.6. The Morgan fingerprint density at radius 2 is 1.90 bits per heavy atom. The van der Waals surface area contributed by atoms with E-state index in [-0.39, 0.29) is 24.6 Å². The van der Waals surface area contributed by atoms with E-state index in [1.54, 1.807) is 16.8 Å². The van der Waals surface area contributed by atoms with Gasteiger partial charge in [0.1, 0.15) is 11.6 Å². The maximum Gasteiger partial charge on any atom is 0.236 e. The molecule has 0 spiro atoms. The van der Waals surface area contributed by atoms with Crippen LogP contribution in [0, 0.1) is 11.6 Å². The third kappa shape index (κ3) is 5.06. The van der Waals surface area contributed by atoms with Crippen LogP contribution >= 0.6 is 0 Å². The van der Waals surface area contributed by atoms with E-state index in [2.05, 4.69) is 0 Å². The minimum Gasteiger partial charge on any atom is -0.387 e. The molecule has 1 unspecified atom stereocenters. The number of aliphatic hydroxyl groups is 1. The van der Waals surface area contributed by atoms with E-state index in [0.717, 1.165) is 18.2 Å². The summed E-state index contributed by atoms with van der Waals surface area (Å²) in [7, 11) is 1.65. The summed E-state index contributed by atoms with van der Waals surface area (Å²) in [4.78, 5) is 15.2. The monoisotopic (exact) mass is 300 g/mol. The molecule has 0 aliphatic heterocycles. The molecule has 0 aliphatic carbocycles. The van der Waals surface area contributed by atoms with Gasteiger partial charge in [0.2, 0.25) is 5.91 Å². The van der Waals surface area contributed by atoms with Crippen molar-refractivity contribution in [3.63, 3.8) is 0 Å². The van der Waals surface area contributed by atoms with Crippen molar-refractivity contribution >= 4 is 5.91 Å². The number of hydrogen-bond donors (Lipinski definition) is 1. The molecule has 1 amide bonds. The third-order valence-corrected chi connectivity index (χ3v) is 3.32. The van der Waals surface area contributed by atoms with E-state index in [0.29, 0.717) is 13.1 Å². The lowest BCUT2D eigenvalue weighted by Gasteiger charge is -2.24. The van der Waals surface area contributed by atoms with Crippen LogP contribution in [0.5, 0.6) is 0 Å². The standard InChI is InChI=1S/C15H22F2N2O2/c1-4-19(5-2)15(21)10-18(3)9-14(20)12-8-11(16)6-7-13(12)17/h6-8,14,20H,4-5,9-10H2,1-3H3. The fourth-order valence-corrected chi connectivity index (χ4v) is 2.14. The van der Waals surface area contributed by atoms with E-state index >= 15 is 0 Å². The number of carbonyl (C=O) groups is 1. The number of rotatable bonds is 7. The highest BCUT2D eigenvalue weighted by Gasteiger charge is 2.18. The van der Waals surface area contributed by atoms with Crippen LogP contribution in [-0.4, -0.2) is 54.0 Å². The summed E-state index contributed by atoms with van der Waals surface area (Å²) in [5.41, 5.74) is -0.0999. The van der Waals surface area contributed by atoms with E-state index in [4.69, 9.17) is 0 Å². The van der Waals surface area contributed by atoms with Crippen LogP contribution in [0.2, 0.25) is 0 Å². The zero-order valence-corrected chi connectivity index (χ0v) is 12.6. The number of halogens is 2. The number of nitrogens with zero attached hydrogens (tertiary/aromatic N) is 2. The van der Waals surface area contributed by atoms with Crippen LogP contribution < -0.4 is 0 Å². The predicted octanol–water partition coefficient (Wildman–Crippen LogP) is 1.80. The zero-order chi connectivity index (χ0) is 16.0. The summed E-state index contributed by atoms with van der Waals surface area (Å²) in [6.07, 6.45) is -1.18. The van der Waals surface area contributed by atoms with E-state index in [1.807, 2.05) is 13.8 Å². The number of aliphatic hydroxyl groups excluding tert-OH is 1. The average molecular weight is 300 g/mol. The predicted molar refractivity (Wildman–Crippen MR) is 76.7 cm³/mol. The molecule has 1 aromatic rings. The van der Waals surface area contributed by atoms with Crippen molar-refractivity contribution in [2.75, 3.05) is 33.2 Å². The van der Waals surface area contributed by atoms with Crippen LogP contribution in [0.3, 0.4) is 0 Å². The summed E-state index contributed by atoms with van der Waals surface area (Å²) in [6, 6.07) is 2.95. The number of hydrogen-bond acceptors (Lipinski definition) is 3. The second-order valence-corrected chi connectivity index (χ2v) is 4.94. The first-order valence-corrected chi connectivity index (χ1v) is 6.98. The number of benzene rings is 1. The first kappa shape index (κ1) is 17.5. The zero-order valence-electron chi connectivity index (χ0n) is 12.6. The highest BCUT2D eigenvalue weighted by molar-refractivity contribution is 5.78. The van der Waals surface area contributed by atoms with Crippen molar-refractivity contribution in [1.82, 2.24) is 9.80 Å². The summed E-state index contributed by atoms with van der Waals surface area (Å²) < 4.78 is 26.7. The Balaban J connectivity index is 2.63. The maximum absolute atomic E-state index is 13.6. The van der Waals surface area contributed by atoms with E-state index in [1.165, 1.54) is 0 Å². The SMILES string of the molecule is CCN(CC)C(=O)CN(C)CC(O)c1cc(F)ccc1F. The van der Waals surface area contributed by atoms with Crippen LogP contribution in [0.15, 0.2) is 18.2 Å². The second-order valence-electron chi connectivity index (χ2n) is 4.94. The summed E-state index contributed by atoms with van der Waals surface area (Å²) in [6.45, 7) is 5.17. The van der Waals surface area contributed by atoms with E-state index in [9.17, 15) is 18.7 Å². The Morgan fingerprint density at radius 3 is 2.48 bits per heavy atom. The van der Waals surface area contributed by atoms with Gasteiger partial charge < -0.3 is 10.0 Å². The van der Waals surface area contributed by atoms with Crippen LogP contribution in [0.4, 0.5) is 8.78 Å². The number of carbonyl (C=O) groups excluding carboxylic acids is 1. The molecule has 118 valence electrons. The molecule has 0 aliphatic rings. The van der Waals surface area contributed by atoms with Crippen LogP contribution in [0.1, 0.15) is 25.5 Å². The lowest BCUT2D eigenvalue weighted by molar-refractivity contribution is -0.132. The second kappa shape index (κ2) is 8.05. The number of amides is 1. The molecule has 0 heterocycles. The lowest BCUT2D eigenvalue weighted by atomic mass is 10.1. The van der Waals surface area contributed by atoms with Crippen LogP contribution in [0.25, 0.3) is 0 Å². The fourth-order valence-electron chi connectivity index (χ4n) is 2.14. The highest BCUT2D eigenvalue weighted by Crippen LogP contribution is 2.19.